The minimum Gasteiger partial charge on any atom is -0.490 e. The van der Waals surface area contributed by atoms with E-state index in [0.717, 1.165) is 11.4 Å². The summed E-state index contributed by atoms with van der Waals surface area (Å²) in [6.07, 6.45) is 0. The van der Waals surface area contributed by atoms with Crippen molar-refractivity contribution in [3.8, 4) is 11.5 Å². The van der Waals surface area contributed by atoms with Gasteiger partial charge in [-0.1, -0.05) is 18.2 Å². The molecule has 2 aromatic rings. The van der Waals surface area contributed by atoms with E-state index in [2.05, 4.69) is 0 Å². The van der Waals surface area contributed by atoms with Gasteiger partial charge in [0.15, 0.2) is 0 Å². The first-order valence-corrected chi connectivity index (χ1v) is 8.19. The molecule has 0 spiro atoms. The number of hydrogen-bond acceptors (Lipinski definition) is 5. The fourth-order valence-corrected chi connectivity index (χ4v) is 2.72. The van der Waals surface area contributed by atoms with E-state index in [0.29, 0.717) is 48.9 Å². The predicted octanol–water partition coefficient (Wildman–Crippen LogP) is 3.72. The highest BCUT2D eigenvalue weighted by Gasteiger charge is 2.19. The molecule has 1 heterocycles. The number of rotatable bonds is 5. The lowest BCUT2D eigenvalue weighted by atomic mass is 10.2. The lowest BCUT2D eigenvalue weighted by Gasteiger charge is -2.31. The lowest BCUT2D eigenvalue weighted by Crippen LogP contribution is -2.34. The summed E-state index contributed by atoms with van der Waals surface area (Å²) in [6, 6.07) is 14.1. The van der Waals surface area contributed by atoms with Crippen LogP contribution >= 0.6 is 12.1 Å². The molecular weight excluding hydrogens is 317 g/mol. The first-order valence-electron chi connectivity index (χ1n) is 7.30. The van der Waals surface area contributed by atoms with Gasteiger partial charge >= 0.3 is 5.97 Å². The molecule has 4 nitrogen and oxygen atoms in total. The molecule has 23 heavy (non-hydrogen) atoms. The summed E-state index contributed by atoms with van der Waals surface area (Å²) >= 11 is 0.314. The highest BCUT2D eigenvalue weighted by molar-refractivity contribution is 7.94. The zero-order valence-corrected chi connectivity index (χ0v) is 13.2. The molecule has 0 aliphatic carbocycles. The third-order valence-corrected chi connectivity index (χ3v) is 3.89. The molecule has 1 aliphatic heterocycles. The van der Waals surface area contributed by atoms with Gasteiger partial charge in [0.1, 0.15) is 18.1 Å². The van der Waals surface area contributed by atoms with E-state index in [1.165, 1.54) is 0 Å². The van der Waals surface area contributed by atoms with Gasteiger partial charge in [-0.05, 0) is 24.3 Å². The van der Waals surface area contributed by atoms with Crippen molar-refractivity contribution in [3.63, 3.8) is 0 Å². The molecule has 0 unspecified atom stereocenters. The van der Waals surface area contributed by atoms with Crippen LogP contribution in [0.5, 0.6) is 11.5 Å². The number of anilines is 1. The Morgan fingerprint density at radius 1 is 1.26 bits per heavy atom. The van der Waals surface area contributed by atoms with Crippen LogP contribution in [-0.4, -0.2) is 31.4 Å². The molecule has 0 saturated heterocycles. The molecular formula is C17H16FNO3S. The van der Waals surface area contributed by atoms with Crippen molar-refractivity contribution in [2.75, 3.05) is 30.3 Å². The summed E-state index contributed by atoms with van der Waals surface area (Å²) in [5.41, 5.74) is 1.32. The van der Waals surface area contributed by atoms with Gasteiger partial charge < -0.3 is 14.4 Å². The Balaban J connectivity index is 1.78. The van der Waals surface area contributed by atoms with Crippen LogP contribution < -0.4 is 14.4 Å². The number of esters is 1. The average Bonchev–Trinajstić information content (AvgIpc) is 2.60. The first kappa shape index (κ1) is 15.7. The van der Waals surface area contributed by atoms with Crippen molar-refractivity contribution in [2.24, 2.45) is 0 Å². The Hall–Kier alpha value is -2.21. The summed E-state index contributed by atoms with van der Waals surface area (Å²) in [5, 5.41) is 0. The van der Waals surface area contributed by atoms with Gasteiger partial charge in [-0.2, -0.15) is 3.89 Å². The maximum absolute atomic E-state index is 12.4. The normalized spacial score (nSPS) is 13.2. The first-order chi connectivity index (χ1) is 11.3. The average molecular weight is 333 g/mol. The molecule has 2 aromatic carbocycles. The summed E-state index contributed by atoms with van der Waals surface area (Å²) < 4.78 is 23.4. The second-order valence-electron chi connectivity index (χ2n) is 5.03. The second kappa shape index (κ2) is 7.37. The molecule has 0 radical (unpaired) electrons. The number of ether oxygens (including phenoxy) is 2. The number of halogens is 1. The van der Waals surface area contributed by atoms with Crippen LogP contribution in [0.4, 0.5) is 9.57 Å². The minimum atomic E-state index is -0.409. The van der Waals surface area contributed by atoms with E-state index in [1.807, 2.05) is 11.0 Å². The summed E-state index contributed by atoms with van der Waals surface area (Å²) in [4.78, 5) is 14.1. The van der Waals surface area contributed by atoms with Crippen LogP contribution in [-0.2, 0) is 0 Å². The fourth-order valence-electron chi connectivity index (χ4n) is 2.43. The minimum absolute atomic E-state index is 0.314. The zero-order chi connectivity index (χ0) is 16.1. The van der Waals surface area contributed by atoms with Gasteiger partial charge in [-0.15, -0.1) is 0 Å². The molecule has 0 amide bonds. The molecule has 6 heteroatoms. The number of carbonyl (C=O) groups excluding carboxylic acids is 1. The number of nitrogens with zero attached hydrogens (tertiary/aromatic N) is 1. The van der Waals surface area contributed by atoms with Crippen LogP contribution in [0.1, 0.15) is 10.4 Å². The van der Waals surface area contributed by atoms with Crippen LogP contribution in [0.25, 0.3) is 0 Å². The van der Waals surface area contributed by atoms with Crippen molar-refractivity contribution in [1.29, 1.82) is 0 Å². The molecule has 1 aliphatic rings. The lowest BCUT2D eigenvalue weighted by molar-refractivity contribution is 0.0734. The molecule has 3 rings (SSSR count). The molecule has 0 aromatic heterocycles. The van der Waals surface area contributed by atoms with Gasteiger partial charge in [-0.3, -0.25) is 0 Å². The van der Waals surface area contributed by atoms with Crippen molar-refractivity contribution in [3.05, 3.63) is 54.1 Å². The topological polar surface area (TPSA) is 38.8 Å². The van der Waals surface area contributed by atoms with E-state index >= 15 is 0 Å². The van der Waals surface area contributed by atoms with Gasteiger partial charge in [-0.25, -0.2) is 4.79 Å². The molecule has 0 bridgehead atoms. The highest BCUT2D eigenvalue weighted by Crippen LogP contribution is 2.35. The Labute approximate surface area is 138 Å². The zero-order valence-electron chi connectivity index (χ0n) is 12.4. The molecule has 120 valence electrons. The standard InChI is InChI=1S/C17H16FNO3S/c18-23-11-9-19-8-10-21-16-7-6-14(12-15(16)19)22-17(20)13-4-2-1-3-5-13/h1-7,12H,8-11H2. The summed E-state index contributed by atoms with van der Waals surface area (Å²) in [5.74, 6) is 1.14. The Morgan fingerprint density at radius 2 is 2.09 bits per heavy atom. The Bertz CT molecular complexity index is 681. The number of benzene rings is 2. The third kappa shape index (κ3) is 3.76. The quantitative estimate of drug-likeness (QED) is 0.616. The SMILES string of the molecule is O=C(Oc1ccc2c(c1)N(CCSF)CCO2)c1ccccc1. The van der Waals surface area contributed by atoms with Gasteiger partial charge in [0.2, 0.25) is 0 Å². The van der Waals surface area contributed by atoms with E-state index in [1.54, 1.807) is 42.5 Å². The number of hydrogen-bond donors (Lipinski definition) is 0. The number of fused-ring (bicyclic) bond motifs is 1. The summed E-state index contributed by atoms with van der Waals surface area (Å²) in [7, 11) is 0. The van der Waals surface area contributed by atoms with Crippen molar-refractivity contribution in [1.82, 2.24) is 0 Å². The van der Waals surface area contributed by atoms with Crippen LogP contribution in [0.2, 0.25) is 0 Å². The van der Waals surface area contributed by atoms with Crippen molar-refractivity contribution < 1.29 is 18.2 Å². The molecule has 0 atom stereocenters. The van der Waals surface area contributed by atoms with Crippen LogP contribution in [0, 0.1) is 0 Å². The largest absolute Gasteiger partial charge is 0.490 e. The summed E-state index contributed by atoms with van der Waals surface area (Å²) in [6.45, 7) is 1.82. The number of carbonyl (C=O) groups is 1. The molecule has 0 N–H and O–H groups in total. The molecule has 0 fully saturated rings. The van der Waals surface area contributed by atoms with E-state index in [9.17, 15) is 8.68 Å². The Kier molecular flexibility index (Phi) is 5.02. The third-order valence-electron chi connectivity index (χ3n) is 3.55. The monoisotopic (exact) mass is 333 g/mol. The highest BCUT2D eigenvalue weighted by atomic mass is 32.2. The van der Waals surface area contributed by atoms with Crippen LogP contribution in [0.3, 0.4) is 0 Å². The van der Waals surface area contributed by atoms with Gasteiger partial charge in [0.05, 0.1) is 17.8 Å². The maximum Gasteiger partial charge on any atom is 0.343 e. The van der Waals surface area contributed by atoms with Crippen LogP contribution in [0.15, 0.2) is 48.5 Å². The van der Waals surface area contributed by atoms with Crippen molar-refractivity contribution in [2.45, 2.75) is 0 Å². The fraction of sp³-hybridized carbons (Fsp3) is 0.235. The smallest absolute Gasteiger partial charge is 0.343 e. The van der Waals surface area contributed by atoms with Gasteiger partial charge in [0.25, 0.3) is 0 Å². The predicted molar refractivity (Wildman–Crippen MR) is 89.1 cm³/mol. The van der Waals surface area contributed by atoms with Crippen molar-refractivity contribution >= 4 is 23.8 Å². The van der Waals surface area contributed by atoms with Gasteiger partial charge in [0, 0.05) is 30.5 Å². The second-order valence-corrected chi connectivity index (χ2v) is 5.66. The molecule has 0 saturated carbocycles. The van der Waals surface area contributed by atoms with E-state index in [4.69, 9.17) is 9.47 Å². The van der Waals surface area contributed by atoms with E-state index in [-0.39, 0.29) is 0 Å². The van der Waals surface area contributed by atoms with E-state index < -0.39 is 5.97 Å². The maximum atomic E-state index is 12.4. The Morgan fingerprint density at radius 3 is 2.87 bits per heavy atom.